The molecule has 108 valence electrons. The first-order valence-corrected chi connectivity index (χ1v) is 6.99. The summed E-state index contributed by atoms with van der Waals surface area (Å²) >= 11 is 0. The number of nitrogens with one attached hydrogen (secondary N) is 1. The second-order valence-corrected chi connectivity index (χ2v) is 4.83. The van der Waals surface area contributed by atoms with Crippen LogP contribution in [0, 0.1) is 21.4 Å². The first kappa shape index (κ1) is 16.1. The maximum Gasteiger partial charge on any atom is 0.269 e. The highest BCUT2D eigenvalue weighted by atomic mass is 16.6. The fourth-order valence-corrected chi connectivity index (χ4v) is 2.21. The van der Waals surface area contributed by atoms with Gasteiger partial charge in [-0.05, 0) is 18.4 Å². The summed E-state index contributed by atoms with van der Waals surface area (Å²) in [7, 11) is 0. The molecule has 0 saturated carbocycles. The predicted octanol–water partition coefficient (Wildman–Crippen LogP) is 3.72. The number of hydrogen-bond acceptors (Lipinski definition) is 4. The molecule has 2 unspecified atom stereocenters. The Balaban J connectivity index is 2.92. The summed E-state index contributed by atoms with van der Waals surface area (Å²) in [5.41, 5.74) is 1.02. The van der Waals surface area contributed by atoms with Crippen molar-refractivity contribution < 1.29 is 4.92 Å². The molecule has 1 N–H and O–H groups in total. The Morgan fingerprint density at radius 1 is 1.45 bits per heavy atom. The minimum Gasteiger partial charge on any atom is -0.306 e. The molecule has 0 aliphatic heterocycles. The van der Waals surface area contributed by atoms with Gasteiger partial charge in [0.15, 0.2) is 0 Å². The molecule has 1 rings (SSSR count). The Hall–Kier alpha value is -1.93. The van der Waals surface area contributed by atoms with E-state index in [2.05, 4.69) is 18.3 Å². The molecule has 20 heavy (non-hydrogen) atoms. The number of hydrogen-bond donors (Lipinski definition) is 1. The fourth-order valence-electron chi connectivity index (χ4n) is 2.21. The molecule has 0 aromatic heterocycles. The molecule has 0 radical (unpaired) electrons. The molecule has 0 aliphatic carbocycles. The summed E-state index contributed by atoms with van der Waals surface area (Å²) in [6.07, 6.45) is 3.18. The average molecular weight is 275 g/mol. The van der Waals surface area contributed by atoms with E-state index < -0.39 is 0 Å². The Morgan fingerprint density at radius 2 is 2.20 bits per heavy atom. The van der Waals surface area contributed by atoms with Gasteiger partial charge in [-0.1, -0.05) is 32.4 Å². The first-order chi connectivity index (χ1) is 9.62. The number of nitro groups is 1. The van der Waals surface area contributed by atoms with E-state index in [0.29, 0.717) is 6.42 Å². The predicted molar refractivity (Wildman–Crippen MR) is 78.2 cm³/mol. The zero-order chi connectivity index (χ0) is 15.0. The summed E-state index contributed by atoms with van der Waals surface area (Å²) in [5, 5.41) is 23.1. The van der Waals surface area contributed by atoms with Crippen molar-refractivity contribution in [1.82, 2.24) is 5.32 Å². The van der Waals surface area contributed by atoms with E-state index in [1.807, 2.05) is 13.0 Å². The third kappa shape index (κ3) is 4.63. The molecule has 0 spiro atoms. The third-order valence-corrected chi connectivity index (χ3v) is 3.33. The van der Waals surface area contributed by atoms with Crippen LogP contribution in [-0.4, -0.2) is 11.0 Å². The van der Waals surface area contributed by atoms with Crippen LogP contribution in [0.5, 0.6) is 0 Å². The Kier molecular flexibility index (Phi) is 6.68. The molecule has 0 heterocycles. The quantitative estimate of drug-likeness (QED) is 0.579. The Bertz CT molecular complexity index is 482. The highest BCUT2D eigenvalue weighted by molar-refractivity contribution is 5.35. The zero-order valence-electron chi connectivity index (χ0n) is 12.0. The van der Waals surface area contributed by atoms with Crippen molar-refractivity contribution in [1.29, 1.82) is 5.26 Å². The third-order valence-electron chi connectivity index (χ3n) is 3.33. The molecule has 5 heteroatoms. The van der Waals surface area contributed by atoms with Crippen molar-refractivity contribution in [2.75, 3.05) is 0 Å². The maximum absolute atomic E-state index is 10.9. The monoisotopic (exact) mass is 275 g/mol. The van der Waals surface area contributed by atoms with Gasteiger partial charge in [-0.25, -0.2) is 0 Å². The van der Waals surface area contributed by atoms with Gasteiger partial charge in [0.1, 0.15) is 0 Å². The van der Waals surface area contributed by atoms with Gasteiger partial charge in [0, 0.05) is 24.2 Å². The zero-order valence-corrected chi connectivity index (χ0v) is 12.0. The van der Waals surface area contributed by atoms with Crippen molar-refractivity contribution in [3.63, 3.8) is 0 Å². The summed E-state index contributed by atoms with van der Waals surface area (Å²) in [5.74, 6) is 0. The second kappa shape index (κ2) is 8.28. The lowest BCUT2D eigenvalue weighted by Gasteiger charge is -2.23. The maximum atomic E-state index is 10.9. The fraction of sp³-hybridized carbons (Fsp3) is 0.533. The molecule has 0 amide bonds. The van der Waals surface area contributed by atoms with Crippen LogP contribution in [0.2, 0.25) is 0 Å². The molecule has 5 nitrogen and oxygen atoms in total. The van der Waals surface area contributed by atoms with Gasteiger partial charge in [0.05, 0.1) is 17.4 Å². The van der Waals surface area contributed by atoms with Crippen molar-refractivity contribution >= 4 is 5.69 Å². The molecular weight excluding hydrogens is 254 g/mol. The molecule has 1 aromatic carbocycles. The van der Waals surface area contributed by atoms with E-state index in [-0.39, 0.29) is 22.7 Å². The van der Waals surface area contributed by atoms with E-state index >= 15 is 0 Å². The number of nitro benzene ring substituents is 1. The number of rotatable bonds is 8. The lowest BCUT2D eigenvalue weighted by atomic mass is 9.99. The van der Waals surface area contributed by atoms with Crippen LogP contribution >= 0.6 is 0 Å². The molecule has 0 aliphatic rings. The molecule has 1 aromatic rings. The van der Waals surface area contributed by atoms with Gasteiger partial charge in [0.2, 0.25) is 0 Å². The molecule has 0 bridgehead atoms. The standard InChI is InChI=1S/C15H21N3O2/c1-3-6-15(17-13(4-2)9-10-16)12-7-5-8-14(11-12)18(19)20/h5,7-8,11,13,15,17H,3-4,6,9H2,1-2H3. The lowest BCUT2D eigenvalue weighted by Crippen LogP contribution is -2.32. The van der Waals surface area contributed by atoms with Crippen molar-refractivity contribution in [2.24, 2.45) is 0 Å². The van der Waals surface area contributed by atoms with Gasteiger partial charge < -0.3 is 5.32 Å². The van der Waals surface area contributed by atoms with Crippen LogP contribution in [0.1, 0.15) is 51.1 Å². The van der Waals surface area contributed by atoms with Crippen molar-refractivity contribution in [3.05, 3.63) is 39.9 Å². The number of nitrogens with zero attached hydrogens (tertiary/aromatic N) is 2. The van der Waals surface area contributed by atoms with Crippen LogP contribution in [0.3, 0.4) is 0 Å². The van der Waals surface area contributed by atoms with E-state index in [1.54, 1.807) is 12.1 Å². The number of benzene rings is 1. The normalized spacial score (nSPS) is 13.4. The highest BCUT2D eigenvalue weighted by Gasteiger charge is 2.17. The van der Waals surface area contributed by atoms with Crippen LogP contribution in [-0.2, 0) is 0 Å². The molecule has 0 saturated heterocycles. The van der Waals surface area contributed by atoms with E-state index in [9.17, 15) is 10.1 Å². The minimum atomic E-state index is -0.376. The van der Waals surface area contributed by atoms with Gasteiger partial charge in [-0.2, -0.15) is 5.26 Å². The van der Waals surface area contributed by atoms with Gasteiger partial charge in [-0.15, -0.1) is 0 Å². The van der Waals surface area contributed by atoms with Crippen molar-refractivity contribution in [2.45, 2.75) is 51.6 Å². The van der Waals surface area contributed by atoms with Crippen molar-refractivity contribution in [3.8, 4) is 6.07 Å². The van der Waals surface area contributed by atoms with Crippen LogP contribution in [0.4, 0.5) is 5.69 Å². The summed E-state index contributed by atoms with van der Waals surface area (Å²) in [4.78, 5) is 10.5. The van der Waals surface area contributed by atoms with Gasteiger partial charge in [-0.3, -0.25) is 10.1 Å². The van der Waals surface area contributed by atoms with Crippen LogP contribution in [0.15, 0.2) is 24.3 Å². The summed E-state index contributed by atoms with van der Waals surface area (Å²) < 4.78 is 0. The Labute approximate surface area is 119 Å². The lowest BCUT2D eigenvalue weighted by molar-refractivity contribution is -0.384. The van der Waals surface area contributed by atoms with E-state index in [0.717, 1.165) is 24.8 Å². The van der Waals surface area contributed by atoms with E-state index in [1.165, 1.54) is 6.07 Å². The largest absolute Gasteiger partial charge is 0.306 e. The highest BCUT2D eigenvalue weighted by Crippen LogP contribution is 2.24. The van der Waals surface area contributed by atoms with Gasteiger partial charge in [0.25, 0.3) is 5.69 Å². The summed E-state index contributed by atoms with van der Waals surface area (Å²) in [6, 6.07) is 9.08. The molecular formula is C15H21N3O2. The van der Waals surface area contributed by atoms with Gasteiger partial charge >= 0.3 is 0 Å². The summed E-state index contributed by atoms with van der Waals surface area (Å²) in [6.45, 7) is 4.11. The topological polar surface area (TPSA) is 79.0 Å². The SMILES string of the molecule is CCCC(NC(CC)CC#N)c1cccc([N+](=O)[O-])c1. The average Bonchev–Trinajstić information content (AvgIpc) is 2.46. The number of non-ortho nitro benzene ring substituents is 1. The molecule has 2 atom stereocenters. The van der Waals surface area contributed by atoms with Crippen LogP contribution < -0.4 is 5.32 Å². The Morgan fingerprint density at radius 3 is 2.75 bits per heavy atom. The first-order valence-electron chi connectivity index (χ1n) is 6.99. The number of nitriles is 1. The minimum absolute atomic E-state index is 0.0539. The van der Waals surface area contributed by atoms with Crippen LogP contribution in [0.25, 0.3) is 0 Å². The second-order valence-electron chi connectivity index (χ2n) is 4.83. The smallest absolute Gasteiger partial charge is 0.269 e. The molecule has 0 fully saturated rings. The van der Waals surface area contributed by atoms with E-state index in [4.69, 9.17) is 5.26 Å².